The fourth-order valence-corrected chi connectivity index (χ4v) is 2.53. The van der Waals surface area contributed by atoms with Gasteiger partial charge in [-0.25, -0.2) is 8.78 Å². The van der Waals surface area contributed by atoms with Crippen molar-refractivity contribution in [3.05, 3.63) is 70.2 Å². The third-order valence-corrected chi connectivity index (χ3v) is 3.70. The molecule has 21 heavy (non-hydrogen) atoms. The van der Waals surface area contributed by atoms with Gasteiger partial charge in [0, 0.05) is 11.1 Å². The van der Waals surface area contributed by atoms with Gasteiger partial charge >= 0.3 is 0 Å². The molecule has 2 aromatic rings. The maximum Gasteiger partial charge on any atom is 0.126 e. The molecule has 1 N–H and O–H groups in total. The largest absolute Gasteiger partial charge is 0.310 e. The summed E-state index contributed by atoms with van der Waals surface area (Å²) in [4.78, 5) is 0. The number of nitrogens with one attached hydrogen (secondary N) is 1. The molecule has 0 heterocycles. The molecule has 0 bridgehead atoms. The van der Waals surface area contributed by atoms with Gasteiger partial charge in [0.2, 0.25) is 0 Å². The molecule has 1 atom stereocenters. The molecule has 0 fully saturated rings. The molecule has 4 heteroatoms. The van der Waals surface area contributed by atoms with Gasteiger partial charge in [-0.05, 0) is 54.8 Å². The summed E-state index contributed by atoms with van der Waals surface area (Å²) in [6.07, 6.45) is 1.36. The predicted molar refractivity (Wildman–Crippen MR) is 82.5 cm³/mol. The van der Waals surface area contributed by atoms with Crippen LogP contribution in [0.1, 0.15) is 30.5 Å². The highest BCUT2D eigenvalue weighted by Gasteiger charge is 2.17. The van der Waals surface area contributed by atoms with Gasteiger partial charge in [-0.15, -0.1) is 0 Å². The van der Waals surface area contributed by atoms with Crippen molar-refractivity contribution < 1.29 is 8.78 Å². The van der Waals surface area contributed by atoms with Crippen LogP contribution in [0.5, 0.6) is 0 Å². The molecule has 2 rings (SSSR count). The van der Waals surface area contributed by atoms with E-state index < -0.39 is 0 Å². The molecule has 112 valence electrons. The second kappa shape index (κ2) is 7.53. The summed E-state index contributed by atoms with van der Waals surface area (Å²) in [6.45, 7) is 2.80. The molecule has 0 amide bonds. The number of benzene rings is 2. The normalized spacial score (nSPS) is 12.4. The van der Waals surface area contributed by atoms with E-state index in [2.05, 4.69) is 5.32 Å². The molecular formula is C17H18ClF2N. The zero-order valence-corrected chi connectivity index (χ0v) is 12.6. The summed E-state index contributed by atoms with van der Waals surface area (Å²) in [5.74, 6) is -0.598. The van der Waals surface area contributed by atoms with Crippen molar-refractivity contribution >= 4 is 11.6 Å². The van der Waals surface area contributed by atoms with Crippen molar-refractivity contribution in [2.75, 3.05) is 6.54 Å². The van der Waals surface area contributed by atoms with Gasteiger partial charge < -0.3 is 5.32 Å². The molecular weight excluding hydrogens is 292 g/mol. The molecule has 0 aromatic heterocycles. The van der Waals surface area contributed by atoms with E-state index in [0.717, 1.165) is 13.0 Å². The summed E-state index contributed by atoms with van der Waals surface area (Å²) < 4.78 is 27.3. The number of hydrogen-bond acceptors (Lipinski definition) is 1. The SMILES string of the molecule is CCCNC(Cc1ccccc1F)c1cc(F)ccc1Cl. The van der Waals surface area contributed by atoms with E-state index in [0.29, 0.717) is 22.6 Å². The summed E-state index contributed by atoms with van der Waals surface area (Å²) >= 11 is 6.18. The van der Waals surface area contributed by atoms with E-state index in [-0.39, 0.29) is 17.7 Å². The predicted octanol–water partition coefficient (Wildman–Crippen LogP) is 4.90. The summed E-state index contributed by atoms with van der Waals surface area (Å²) in [5.41, 5.74) is 1.25. The average Bonchev–Trinajstić information content (AvgIpc) is 2.48. The van der Waals surface area contributed by atoms with Crippen LogP contribution < -0.4 is 5.32 Å². The summed E-state index contributed by atoms with van der Waals surface area (Å²) in [6, 6.07) is 10.7. The lowest BCUT2D eigenvalue weighted by Crippen LogP contribution is -2.25. The Morgan fingerprint density at radius 3 is 2.62 bits per heavy atom. The Morgan fingerprint density at radius 2 is 1.90 bits per heavy atom. The Balaban J connectivity index is 2.30. The van der Waals surface area contributed by atoms with Crippen LogP contribution >= 0.6 is 11.6 Å². The maximum atomic E-state index is 13.8. The van der Waals surface area contributed by atoms with Gasteiger partial charge in [-0.1, -0.05) is 36.7 Å². The topological polar surface area (TPSA) is 12.0 Å². The van der Waals surface area contributed by atoms with Crippen LogP contribution in [0.15, 0.2) is 42.5 Å². The first-order valence-electron chi connectivity index (χ1n) is 7.03. The van der Waals surface area contributed by atoms with Gasteiger partial charge in [0.05, 0.1) is 0 Å². The van der Waals surface area contributed by atoms with E-state index in [1.54, 1.807) is 18.2 Å². The van der Waals surface area contributed by atoms with Crippen LogP contribution in [0, 0.1) is 11.6 Å². The first kappa shape index (κ1) is 15.9. The Bertz CT molecular complexity index is 601. The smallest absolute Gasteiger partial charge is 0.126 e. The Morgan fingerprint density at radius 1 is 1.14 bits per heavy atom. The molecule has 0 radical (unpaired) electrons. The summed E-state index contributed by atoms with van der Waals surface area (Å²) in [5, 5.41) is 3.80. The zero-order chi connectivity index (χ0) is 15.2. The number of hydrogen-bond donors (Lipinski definition) is 1. The lowest BCUT2D eigenvalue weighted by molar-refractivity contribution is 0.509. The van der Waals surface area contributed by atoms with Crippen molar-refractivity contribution in [1.82, 2.24) is 5.32 Å². The molecule has 0 aliphatic carbocycles. The van der Waals surface area contributed by atoms with Gasteiger partial charge in [-0.3, -0.25) is 0 Å². The first-order valence-corrected chi connectivity index (χ1v) is 7.41. The monoisotopic (exact) mass is 309 g/mol. The van der Waals surface area contributed by atoms with Crippen LogP contribution in [0.2, 0.25) is 5.02 Å². The van der Waals surface area contributed by atoms with E-state index in [1.165, 1.54) is 24.3 Å². The second-order valence-corrected chi connectivity index (χ2v) is 5.38. The molecule has 1 unspecified atom stereocenters. The third-order valence-electron chi connectivity index (χ3n) is 3.36. The minimum Gasteiger partial charge on any atom is -0.310 e. The lowest BCUT2D eigenvalue weighted by atomic mass is 9.98. The molecule has 0 saturated carbocycles. The molecule has 0 saturated heterocycles. The molecule has 0 aliphatic rings. The Labute approximate surface area is 128 Å². The van der Waals surface area contributed by atoms with Gasteiger partial charge in [0.15, 0.2) is 0 Å². The first-order chi connectivity index (χ1) is 10.1. The van der Waals surface area contributed by atoms with Crippen LogP contribution in [0.3, 0.4) is 0 Å². The Hall–Kier alpha value is -1.45. The number of halogens is 3. The summed E-state index contributed by atoms with van der Waals surface area (Å²) in [7, 11) is 0. The van der Waals surface area contributed by atoms with Crippen molar-refractivity contribution in [3.8, 4) is 0 Å². The fourth-order valence-electron chi connectivity index (χ4n) is 2.28. The third kappa shape index (κ3) is 4.26. The van der Waals surface area contributed by atoms with Crippen LogP contribution in [-0.4, -0.2) is 6.54 Å². The standard InChI is InChI=1S/C17H18ClF2N/c1-2-9-21-17(10-12-5-3-4-6-16(12)20)14-11-13(19)7-8-15(14)18/h3-8,11,17,21H,2,9-10H2,1H3. The highest BCUT2D eigenvalue weighted by molar-refractivity contribution is 6.31. The van der Waals surface area contributed by atoms with Crippen molar-refractivity contribution in [1.29, 1.82) is 0 Å². The quantitative estimate of drug-likeness (QED) is 0.800. The van der Waals surface area contributed by atoms with E-state index >= 15 is 0 Å². The maximum absolute atomic E-state index is 13.8. The second-order valence-electron chi connectivity index (χ2n) is 4.97. The highest BCUT2D eigenvalue weighted by atomic mass is 35.5. The number of rotatable bonds is 6. The molecule has 1 nitrogen and oxygen atoms in total. The molecule has 0 spiro atoms. The van der Waals surface area contributed by atoms with Crippen molar-refractivity contribution in [2.24, 2.45) is 0 Å². The minimum atomic E-state index is -0.341. The van der Waals surface area contributed by atoms with E-state index in [9.17, 15) is 8.78 Å². The van der Waals surface area contributed by atoms with Gasteiger partial charge in [0.25, 0.3) is 0 Å². The Kier molecular flexibility index (Phi) is 5.71. The minimum absolute atomic E-state index is 0.218. The highest BCUT2D eigenvalue weighted by Crippen LogP contribution is 2.27. The molecule has 2 aromatic carbocycles. The lowest BCUT2D eigenvalue weighted by Gasteiger charge is -2.20. The molecule has 0 aliphatic heterocycles. The van der Waals surface area contributed by atoms with Gasteiger partial charge in [0.1, 0.15) is 11.6 Å². The zero-order valence-electron chi connectivity index (χ0n) is 11.9. The van der Waals surface area contributed by atoms with E-state index in [1.807, 2.05) is 6.92 Å². The van der Waals surface area contributed by atoms with Crippen LogP contribution in [0.25, 0.3) is 0 Å². The van der Waals surface area contributed by atoms with Crippen LogP contribution in [-0.2, 0) is 6.42 Å². The van der Waals surface area contributed by atoms with Crippen molar-refractivity contribution in [3.63, 3.8) is 0 Å². The fraction of sp³-hybridized carbons (Fsp3) is 0.294. The van der Waals surface area contributed by atoms with Crippen LogP contribution in [0.4, 0.5) is 8.78 Å². The average molecular weight is 310 g/mol. The van der Waals surface area contributed by atoms with E-state index in [4.69, 9.17) is 11.6 Å². The van der Waals surface area contributed by atoms with Gasteiger partial charge in [-0.2, -0.15) is 0 Å². The van der Waals surface area contributed by atoms with Crippen molar-refractivity contribution in [2.45, 2.75) is 25.8 Å².